The van der Waals surface area contributed by atoms with Gasteiger partial charge in [0.25, 0.3) is 0 Å². The van der Waals surface area contributed by atoms with Gasteiger partial charge in [-0.2, -0.15) is 4.31 Å². The van der Waals surface area contributed by atoms with Crippen molar-refractivity contribution in [3.8, 4) is 0 Å². The molecule has 0 amide bonds. The number of imidazole rings is 1. The van der Waals surface area contributed by atoms with Crippen LogP contribution in [-0.4, -0.2) is 46.9 Å². The van der Waals surface area contributed by atoms with Crippen molar-refractivity contribution >= 4 is 27.0 Å². The Morgan fingerprint density at radius 1 is 1.24 bits per heavy atom. The quantitative estimate of drug-likeness (QED) is 0.582. The summed E-state index contributed by atoms with van der Waals surface area (Å²) in [6.07, 6.45) is 4.39. The van der Waals surface area contributed by atoms with Crippen molar-refractivity contribution < 1.29 is 23.3 Å². The predicted octanol–water partition coefficient (Wildman–Crippen LogP) is 2.09. The van der Waals surface area contributed by atoms with Crippen molar-refractivity contribution in [1.29, 1.82) is 0 Å². The van der Waals surface area contributed by atoms with E-state index >= 15 is 0 Å². The molecule has 1 aromatic carbocycles. The molecule has 0 aliphatic heterocycles. The number of likely N-dealkylation sites (N-methyl/N-ethyl adjacent to an activating group) is 1. The number of nitrogens with zero attached hydrogens (tertiary/aromatic N) is 2. The van der Waals surface area contributed by atoms with Gasteiger partial charge in [-0.15, -0.1) is 0 Å². The molecule has 3 aromatic rings. The lowest BCUT2D eigenvalue weighted by Crippen LogP contribution is -2.43. The van der Waals surface area contributed by atoms with E-state index < -0.39 is 22.0 Å². The molecule has 0 fully saturated rings. The van der Waals surface area contributed by atoms with Crippen LogP contribution in [0.4, 0.5) is 0 Å². The van der Waals surface area contributed by atoms with Crippen molar-refractivity contribution in [1.82, 2.24) is 14.3 Å². The molecule has 3 rings (SSSR count). The highest BCUT2D eigenvalue weighted by Gasteiger charge is 2.33. The lowest BCUT2D eigenvalue weighted by atomic mass is 10.0. The van der Waals surface area contributed by atoms with Crippen LogP contribution in [0.25, 0.3) is 11.0 Å². The van der Waals surface area contributed by atoms with E-state index in [1.807, 2.05) is 26.1 Å². The highest BCUT2D eigenvalue weighted by Crippen LogP contribution is 2.22. The molecule has 8 nitrogen and oxygen atoms in total. The summed E-state index contributed by atoms with van der Waals surface area (Å²) in [5.41, 5.74) is 2.64. The van der Waals surface area contributed by atoms with Gasteiger partial charge < -0.3 is 10.1 Å². The van der Waals surface area contributed by atoms with Crippen LogP contribution in [-0.2, 0) is 21.2 Å². The van der Waals surface area contributed by atoms with Crippen LogP contribution in [0.15, 0.2) is 47.6 Å². The number of aromatic amines is 2. The Balaban J connectivity index is 1.79. The highest BCUT2D eigenvalue weighted by molar-refractivity contribution is 7.89. The summed E-state index contributed by atoms with van der Waals surface area (Å²) in [4.78, 5) is 22.4. The summed E-state index contributed by atoms with van der Waals surface area (Å²) in [6.45, 7) is 3.72. The number of nitrogens with one attached hydrogen (secondary N) is 2. The average Bonchev–Trinajstić information content (AvgIpc) is 3.08. The summed E-state index contributed by atoms with van der Waals surface area (Å²) in [6, 6.07) is 7.22. The second-order valence-electron chi connectivity index (χ2n) is 7.45. The highest BCUT2D eigenvalue weighted by atomic mass is 32.2. The summed E-state index contributed by atoms with van der Waals surface area (Å²) in [5.74, 6) is -0.323. The molecule has 0 spiro atoms. The van der Waals surface area contributed by atoms with Crippen LogP contribution in [0, 0.1) is 5.92 Å². The van der Waals surface area contributed by atoms with E-state index in [2.05, 4.69) is 15.0 Å². The van der Waals surface area contributed by atoms with Gasteiger partial charge in [-0.05, 0) is 30.0 Å². The number of hydrogen-bond acceptors (Lipinski definition) is 4. The number of carbonyl (C=O) groups is 1. The maximum atomic E-state index is 12.9. The molecule has 0 saturated heterocycles. The van der Waals surface area contributed by atoms with Gasteiger partial charge in [0.2, 0.25) is 10.0 Å². The number of carboxylic acids is 1. The van der Waals surface area contributed by atoms with Gasteiger partial charge in [0.05, 0.1) is 4.90 Å². The van der Waals surface area contributed by atoms with Gasteiger partial charge in [0.15, 0.2) is 12.4 Å². The van der Waals surface area contributed by atoms with Crippen molar-refractivity contribution in [3.05, 3.63) is 54.1 Å². The monoisotopic (exact) mass is 417 g/mol. The van der Waals surface area contributed by atoms with Crippen LogP contribution in [0.3, 0.4) is 0 Å². The lowest BCUT2D eigenvalue weighted by Gasteiger charge is -2.25. The molecule has 29 heavy (non-hydrogen) atoms. The van der Waals surface area contributed by atoms with Gasteiger partial charge in [-0.25, -0.2) is 18.4 Å². The molecule has 0 radical (unpaired) electrons. The molecule has 9 heteroatoms. The number of rotatable bonds is 8. The number of hydrogen-bond donors (Lipinski definition) is 2. The summed E-state index contributed by atoms with van der Waals surface area (Å²) >= 11 is 0. The topological polar surface area (TPSA) is 118 Å². The number of H-pyrrole nitrogens is 2. The first-order valence-corrected chi connectivity index (χ1v) is 10.8. The Morgan fingerprint density at radius 2 is 1.93 bits per heavy atom. The van der Waals surface area contributed by atoms with Gasteiger partial charge in [-0.1, -0.05) is 26.0 Å². The van der Waals surface area contributed by atoms with Crippen LogP contribution < -0.4 is 4.98 Å². The summed E-state index contributed by atoms with van der Waals surface area (Å²) in [7, 11) is -2.60. The van der Waals surface area contributed by atoms with Crippen LogP contribution in [0.1, 0.15) is 31.7 Å². The molecule has 0 aliphatic carbocycles. The molecule has 3 N–H and O–H groups in total. The Morgan fingerprint density at radius 3 is 2.52 bits per heavy atom. The fourth-order valence-electron chi connectivity index (χ4n) is 3.19. The van der Waals surface area contributed by atoms with Gasteiger partial charge in [0, 0.05) is 19.5 Å². The van der Waals surface area contributed by atoms with Gasteiger partial charge in [0.1, 0.15) is 22.9 Å². The number of pyridine rings is 1. The van der Waals surface area contributed by atoms with E-state index in [1.54, 1.807) is 18.3 Å². The van der Waals surface area contributed by atoms with Crippen LogP contribution >= 0.6 is 0 Å². The number of aromatic nitrogens is 3. The average molecular weight is 418 g/mol. The zero-order valence-electron chi connectivity index (χ0n) is 16.6. The molecule has 1 atom stereocenters. The van der Waals surface area contributed by atoms with E-state index in [1.165, 1.54) is 19.2 Å². The molecular formula is C20H25N4O4S+. The van der Waals surface area contributed by atoms with E-state index in [0.29, 0.717) is 6.42 Å². The van der Waals surface area contributed by atoms with E-state index in [9.17, 15) is 18.3 Å². The third-order valence-corrected chi connectivity index (χ3v) is 6.65. The molecule has 0 bridgehead atoms. The van der Waals surface area contributed by atoms with Crippen molar-refractivity contribution in [2.24, 2.45) is 5.92 Å². The fraction of sp³-hybridized carbons (Fsp3) is 0.350. The third kappa shape index (κ3) is 4.63. The first-order chi connectivity index (χ1) is 13.7. The molecule has 0 saturated carbocycles. The summed E-state index contributed by atoms with van der Waals surface area (Å²) < 4.78 is 26.7. The van der Waals surface area contributed by atoms with E-state index in [-0.39, 0.29) is 17.2 Å². The number of benzene rings is 1. The second-order valence-corrected chi connectivity index (χ2v) is 9.45. The normalized spacial score (nSPS) is 13.3. The van der Waals surface area contributed by atoms with Crippen molar-refractivity contribution in [2.75, 3.05) is 7.05 Å². The standard InChI is InChI=1S/C20H24N4O4S/c1-13(2)10-18(20(25)26)24(3)29(27,28)15-6-4-14(5-7-15)11-19-22-16-8-9-21-12-17(16)23-19/h4-9,12-13,18H,10-11H2,1-3H3,(H,22,23)(H,25,26)/p+1/t18-/m0/s1. The van der Waals surface area contributed by atoms with Gasteiger partial charge >= 0.3 is 5.97 Å². The number of carboxylic acid groups (broad SMARTS) is 1. The van der Waals surface area contributed by atoms with Gasteiger partial charge in [-0.3, -0.25) is 4.79 Å². The minimum atomic E-state index is -3.91. The SMILES string of the molecule is CC(C)C[C@@H](C(=O)O)N(C)S(=O)(=O)c1ccc(Cc2nc3cc[nH+]cc3[nH]2)cc1. The Bertz CT molecular complexity index is 1070. The second kappa shape index (κ2) is 8.30. The van der Waals surface area contributed by atoms with E-state index in [4.69, 9.17) is 0 Å². The molecular weight excluding hydrogens is 392 g/mol. The fourth-order valence-corrected chi connectivity index (χ4v) is 4.51. The Hall–Kier alpha value is -2.78. The number of aliphatic carboxylic acids is 1. The number of sulfonamides is 1. The Labute approximate surface area is 169 Å². The first-order valence-electron chi connectivity index (χ1n) is 9.33. The zero-order chi connectivity index (χ0) is 21.2. The van der Waals surface area contributed by atoms with Crippen molar-refractivity contribution in [2.45, 2.75) is 37.6 Å². The van der Waals surface area contributed by atoms with Crippen LogP contribution in [0.2, 0.25) is 0 Å². The minimum Gasteiger partial charge on any atom is -0.480 e. The molecule has 154 valence electrons. The van der Waals surface area contributed by atoms with E-state index in [0.717, 1.165) is 26.7 Å². The van der Waals surface area contributed by atoms with Crippen molar-refractivity contribution in [3.63, 3.8) is 0 Å². The summed E-state index contributed by atoms with van der Waals surface area (Å²) in [5, 5.41) is 9.45. The first kappa shape index (κ1) is 20.9. The molecule has 0 aliphatic rings. The third-order valence-electron chi connectivity index (χ3n) is 4.77. The number of fused-ring (bicyclic) bond motifs is 1. The molecule has 2 aromatic heterocycles. The maximum absolute atomic E-state index is 12.9. The maximum Gasteiger partial charge on any atom is 0.322 e. The molecule has 2 heterocycles. The Kier molecular flexibility index (Phi) is 5.99. The minimum absolute atomic E-state index is 0.0533. The smallest absolute Gasteiger partial charge is 0.322 e. The molecule has 0 unspecified atom stereocenters. The largest absolute Gasteiger partial charge is 0.480 e. The lowest BCUT2D eigenvalue weighted by molar-refractivity contribution is -0.376. The predicted molar refractivity (Wildman–Crippen MR) is 108 cm³/mol. The zero-order valence-corrected chi connectivity index (χ0v) is 17.4. The van der Waals surface area contributed by atoms with Crippen LogP contribution in [0.5, 0.6) is 0 Å².